The molecule has 0 unspecified atom stereocenters. The molecule has 1 N–H and O–H groups in total. The largest absolute Gasteiger partial charge is 0.481 e. The Balaban J connectivity index is 1.88. The number of nitrogens with zero attached hydrogens (tertiary/aromatic N) is 2. The number of rotatable bonds is 4. The third-order valence-electron chi connectivity index (χ3n) is 3.38. The standard InChI is InChI=1S/C14H17ClN2O3/c15-11-3-1-2-4-12(11)16-7-9-17(10-8-16)13(18)5-6-14(19)20/h1-4H,5-10H2,(H,19,20). The Kier molecular flexibility index (Phi) is 4.84. The van der Waals surface area contributed by atoms with E-state index >= 15 is 0 Å². The van der Waals surface area contributed by atoms with Crippen LogP contribution < -0.4 is 4.90 Å². The first-order chi connectivity index (χ1) is 9.58. The monoisotopic (exact) mass is 296 g/mol. The molecule has 1 aromatic rings. The minimum absolute atomic E-state index is 0.0709. The lowest BCUT2D eigenvalue weighted by Crippen LogP contribution is -2.48. The van der Waals surface area contributed by atoms with Crippen molar-refractivity contribution in [3.63, 3.8) is 0 Å². The molecule has 1 saturated heterocycles. The van der Waals surface area contributed by atoms with Crippen molar-refractivity contribution < 1.29 is 14.7 Å². The van der Waals surface area contributed by atoms with Gasteiger partial charge in [0.1, 0.15) is 0 Å². The van der Waals surface area contributed by atoms with Gasteiger partial charge in [0, 0.05) is 32.6 Å². The summed E-state index contributed by atoms with van der Waals surface area (Å²) in [6.07, 6.45) is -0.0367. The van der Waals surface area contributed by atoms with E-state index < -0.39 is 5.97 Å². The van der Waals surface area contributed by atoms with E-state index in [4.69, 9.17) is 16.7 Å². The van der Waals surface area contributed by atoms with E-state index in [0.29, 0.717) is 31.2 Å². The maximum absolute atomic E-state index is 11.8. The number of hydrogen-bond donors (Lipinski definition) is 1. The maximum Gasteiger partial charge on any atom is 0.303 e. The van der Waals surface area contributed by atoms with Crippen LogP contribution in [0.15, 0.2) is 24.3 Å². The number of aliphatic carboxylic acids is 1. The van der Waals surface area contributed by atoms with E-state index in [2.05, 4.69) is 4.90 Å². The van der Waals surface area contributed by atoms with Crippen LogP contribution in [-0.4, -0.2) is 48.1 Å². The van der Waals surface area contributed by atoms with Crippen molar-refractivity contribution in [1.82, 2.24) is 4.90 Å². The first-order valence-electron chi connectivity index (χ1n) is 6.57. The molecule has 1 aliphatic rings. The Hall–Kier alpha value is -1.75. The molecule has 1 fully saturated rings. The van der Waals surface area contributed by atoms with Crippen molar-refractivity contribution in [1.29, 1.82) is 0 Å². The normalized spacial score (nSPS) is 15.2. The fourth-order valence-corrected chi connectivity index (χ4v) is 2.53. The molecular formula is C14H17ClN2O3. The second-order valence-electron chi connectivity index (χ2n) is 4.71. The molecule has 0 saturated carbocycles. The second-order valence-corrected chi connectivity index (χ2v) is 5.12. The van der Waals surface area contributed by atoms with E-state index in [1.165, 1.54) is 0 Å². The highest BCUT2D eigenvalue weighted by molar-refractivity contribution is 6.33. The lowest BCUT2D eigenvalue weighted by atomic mass is 10.2. The van der Waals surface area contributed by atoms with E-state index in [-0.39, 0.29) is 18.7 Å². The first kappa shape index (κ1) is 14.7. The number of halogens is 1. The zero-order chi connectivity index (χ0) is 14.5. The predicted molar refractivity (Wildman–Crippen MR) is 77.1 cm³/mol. The number of carbonyl (C=O) groups is 2. The van der Waals surface area contributed by atoms with Crippen LogP contribution in [0.1, 0.15) is 12.8 Å². The minimum atomic E-state index is -0.937. The number of amides is 1. The molecule has 2 rings (SSSR count). The highest BCUT2D eigenvalue weighted by Crippen LogP contribution is 2.26. The van der Waals surface area contributed by atoms with Gasteiger partial charge in [-0.05, 0) is 12.1 Å². The molecule has 0 radical (unpaired) electrons. The van der Waals surface area contributed by atoms with Crippen molar-refractivity contribution in [2.45, 2.75) is 12.8 Å². The van der Waals surface area contributed by atoms with Gasteiger partial charge in [0.05, 0.1) is 17.1 Å². The zero-order valence-electron chi connectivity index (χ0n) is 11.1. The van der Waals surface area contributed by atoms with Gasteiger partial charge in [-0.15, -0.1) is 0 Å². The van der Waals surface area contributed by atoms with Gasteiger partial charge < -0.3 is 14.9 Å². The van der Waals surface area contributed by atoms with E-state index in [1.54, 1.807) is 4.90 Å². The molecule has 0 bridgehead atoms. The highest BCUT2D eigenvalue weighted by Gasteiger charge is 2.22. The van der Waals surface area contributed by atoms with E-state index in [0.717, 1.165) is 5.69 Å². The number of anilines is 1. The molecule has 0 aromatic heterocycles. The number of carboxylic acid groups (broad SMARTS) is 1. The van der Waals surface area contributed by atoms with Gasteiger partial charge >= 0.3 is 5.97 Å². The molecule has 1 amide bonds. The third kappa shape index (κ3) is 3.63. The highest BCUT2D eigenvalue weighted by atomic mass is 35.5. The molecule has 0 aliphatic carbocycles. The number of para-hydroxylation sites is 1. The van der Waals surface area contributed by atoms with Gasteiger partial charge in [-0.2, -0.15) is 0 Å². The lowest BCUT2D eigenvalue weighted by molar-refractivity contribution is -0.141. The van der Waals surface area contributed by atoms with Crippen LogP contribution >= 0.6 is 11.6 Å². The van der Waals surface area contributed by atoms with Crippen LogP contribution in [0, 0.1) is 0 Å². The molecule has 1 aromatic carbocycles. The van der Waals surface area contributed by atoms with Gasteiger partial charge in [-0.25, -0.2) is 0 Å². The number of benzene rings is 1. The minimum Gasteiger partial charge on any atom is -0.481 e. The smallest absolute Gasteiger partial charge is 0.303 e. The Labute approximate surface area is 122 Å². The topological polar surface area (TPSA) is 60.9 Å². The number of carboxylic acids is 1. The van der Waals surface area contributed by atoms with Gasteiger partial charge in [-0.1, -0.05) is 23.7 Å². The number of carbonyl (C=O) groups excluding carboxylic acids is 1. The summed E-state index contributed by atoms with van der Waals surface area (Å²) in [7, 11) is 0. The lowest BCUT2D eigenvalue weighted by Gasteiger charge is -2.36. The van der Waals surface area contributed by atoms with Crippen LogP contribution in [0.5, 0.6) is 0 Å². The van der Waals surface area contributed by atoms with Crippen molar-refractivity contribution in [3.8, 4) is 0 Å². The summed E-state index contributed by atoms with van der Waals surface area (Å²) in [6, 6.07) is 7.63. The Morgan fingerprint density at radius 1 is 1.10 bits per heavy atom. The van der Waals surface area contributed by atoms with E-state index in [9.17, 15) is 9.59 Å². The fourth-order valence-electron chi connectivity index (χ4n) is 2.28. The average molecular weight is 297 g/mol. The molecule has 0 spiro atoms. The Bertz CT molecular complexity index is 499. The maximum atomic E-state index is 11.8. The summed E-state index contributed by atoms with van der Waals surface area (Å²) >= 11 is 6.15. The van der Waals surface area contributed by atoms with Crippen molar-refractivity contribution >= 4 is 29.2 Å². The molecule has 1 heterocycles. The number of hydrogen-bond acceptors (Lipinski definition) is 3. The fraction of sp³-hybridized carbons (Fsp3) is 0.429. The van der Waals surface area contributed by atoms with Gasteiger partial charge in [0.25, 0.3) is 0 Å². The molecule has 6 heteroatoms. The molecule has 1 aliphatic heterocycles. The third-order valence-corrected chi connectivity index (χ3v) is 3.70. The zero-order valence-corrected chi connectivity index (χ0v) is 11.8. The van der Waals surface area contributed by atoms with Crippen LogP contribution in [0.4, 0.5) is 5.69 Å². The van der Waals surface area contributed by atoms with Crippen molar-refractivity contribution in [3.05, 3.63) is 29.3 Å². The van der Waals surface area contributed by atoms with Crippen LogP contribution in [0.2, 0.25) is 5.02 Å². The molecule has 108 valence electrons. The van der Waals surface area contributed by atoms with Crippen LogP contribution in [0.3, 0.4) is 0 Å². The van der Waals surface area contributed by atoms with Gasteiger partial charge in [-0.3, -0.25) is 9.59 Å². The summed E-state index contributed by atoms with van der Waals surface area (Å²) in [6.45, 7) is 2.62. The molecule has 0 atom stereocenters. The Morgan fingerprint density at radius 2 is 1.75 bits per heavy atom. The average Bonchev–Trinajstić information content (AvgIpc) is 2.45. The Morgan fingerprint density at radius 3 is 2.35 bits per heavy atom. The summed E-state index contributed by atoms with van der Waals surface area (Å²) in [5.74, 6) is -1.03. The van der Waals surface area contributed by atoms with Crippen molar-refractivity contribution in [2.75, 3.05) is 31.1 Å². The second kappa shape index (κ2) is 6.61. The van der Waals surface area contributed by atoms with Crippen LogP contribution in [0.25, 0.3) is 0 Å². The van der Waals surface area contributed by atoms with Gasteiger partial charge in [0.2, 0.25) is 5.91 Å². The predicted octanol–water partition coefficient (Wildman–Crippen LogP) is 1.85. The van der Waals surface area contributed by atoms with Crippen molar-refractivity contribution in [2.24, 2.45) is 0 Å². The quantitative estimate of drug-likeness (QED) is 0.921. The number of piperazine rings is 1. The summed E-state index contributed by atoms with van der Waals surface area (Å²) < 4.78 is 0. The molecular weight excluding hydrogens is 280 g/mol. The molecule has 20 heavy (non-hydrogen) atoms. The first-order valence-corrected chi connectivity index (χ1v) is 6.95. The summed E-state index contributed by atoms with van der Waals surface area (Å²) in [4.78, 5) is 26.2. The van der Waals surface area contributed by atoms with Crippen LogP contribution in [-0.2, 0) is 9.59 Å². The summed E-state index contributed by atoms with van der Waals surface area (Å²) in [5, 5.41) is 9.29. The van der Waals surface area contributed by atoms with Gasteiger partial charge in [0.15, 0.2) is 0 Å². The SMILES string of the molecule is O=C(O)CCC(=O)N1CCN(c2ccccc2Cl)CC1. The molecule has 5 nitrogen and oxygen atoms in total. The van der Waals surface area contributed by atoms with E-state index in [1.807, 2.05) is 24.3 Å². The summed E-state index contributed by atoms with van der Waals surface area (Å²) in [5.41, 5.74) is 0.979.